The van der Waals surface area contributed by atoms with E-state index in [-0.39, 0.29) is 0 Å². The number of para-hydroxylation sites is 1. The van der Waals surface area contributed by atoms with Crippen LogP contribution in [0, 0.1) is 12.3 Å². The maximum Gasteiger partial charge on any atom is 0.133 e. The molecule has 3 heteroatoms. The number of benzene rings is 3. The van der Waals surface area contributed by atoms with Crippen LogP contribution in [-0.4, -0.2) is 15.0 Å². The van der Waals surface area contributed by atoms with Crippen molar-refractivity contribution in [2.75, 3.05) is 0 Å². The third-order valence-corrected chi connectivity index (χ3v) is 4.70. The van der Waals surface area contributed by atoms with Crippen LogP contribution in [0.3, 0.4) is 0 Å². The van der Waals surface area contributed by atoms with Crippen molar-refractivity contribution in [3.05, 3.63) is 96.1 Å². The van der Waals surface area contributed by atoms with Gasteiger partial charge in [0, 0.05) is 12.8 Å². The monoisotopic (exact) mass is 337 g/mol. The van der Waals surface area contributed by atoms with E-state index in [1.165, 1.54) is 11.1 Å². The molecule has 0 bridgehead atoms. The highest BCUT2D eigenvalue weighted by molar-refractivity contribution is 5.74. The molecule has 0 fully saturated rings. The largest absolute Gasteiger partial charge is 0.226 e. The Balaban J connectivity index is 1.86. The van der Waals surface area contributed by atoms with Gasteiger partial charge in [0.25, 0.3) is 0 Å². The molecule has 26 heavy (non-hydrogen) atoms. The smallest absolute Gasteiger partial charge is 0.133 e. The van der Waals surface area contributed by atoms with Crippen LogP contribution in [0.2, 0.25) is 0 Å². The average Bonchev–Trinajstić information content (AvgIpc) is 3.14. The Kier molecular flexibility index (Phi) is 4.25. The van der Waals surface area contributed by atoms with Gasteiger partial charge in [-0.3, -0.25) is 0 Å². The molecule has 0 radical (unpaired) electrons. The van der Waals surface area contributed by atoms with Gasteiger partial charge in [-0.05, 0) is 23.3 Å². The van der Waals surface area contributed by atoms with Crippen molar-refractivity contribution in [2.24, 2.45) is 0 Å². The zero-order valence-electron chi connectivity index (χ0n) is 14.4. The van der Waals surface area contributed by atoms with Gasteiger partial charge >= 0.3 is 0 Å². The van der Waals surface area contributed by atoms with Gasteiger partial charge in [0.05, 0.1) is 5.52 Å². The Bertz CT molecular complexity index is 1000. The van der Waals surface area contributed by atoms with Crippen LogP contribution in [-0.2, 0) is 18.4 Å². The van der Waals surface area contributed by atoms with E-state index in [0.29, 0.717) is 12.8 Å². The summed E-state index contributed by atoms with van der Waals surface area (Å²) in [6, 6.07) is 28.6. The maximum absolute atomic E-state index is 6.15. The van der Waals surface area contributed by atoms with Crippen LogP contribution >= 0.6 is 0 Å². The molecular weight excluding hydrogens is 318 g/mol. The van der Waals surface area contributed by atoms with Crippen LogP contribution in [0.25, 0.3) is 11.0 Å². The molecule has 1 heterocycles. The molecule has 0 aliphatic rings. The van der Waals surface area contributed by atoms with Gasteiger partial charge in [0.15, 0.2) is 0 Å². The summed E-state index contributed by atoms with van der Waals surface area (Å²) in [5.74, 6) is 3.07. The lowest BCUT2D eigenvalue weighted by Gasteiger charge is -2.29. The van der Waals surface area contributed by atoms with E-state index in [9.17, 15) is 0 Å². The summed E-state index contributed by atoms with van der Waals surface area (Å²) in [6.45, 7) is 0. The minimum Gasteiger partial charge on any atom is -0.226 e. The Hall–Kier alpha value is -3.38. The highest BCUT2D eigenvalue weighted by Crippen LogP contribution is 2.29. The van der Waals surface area contributed by atoms with E-state index in [2.05, 4.69) is 40.5 Å². The van der Waals surface area contributed by atoms with Gasteiger partial charge in [-0.1, -0.05) is 83.9 Å². The SMILES string of the molecule is C#CC(Cc1ccccc1)(Cc1ccccc1)n1nnc2ccccc21. The average molecular weight is 337 g/mol. The highest BCUT2D eigenvalue weighted by Gasteiger charge is 2.33. The van der Waals surface area contributed by atoms with E-state index in [1.54, 1.807) is 0 Å². The quantitative estimate of drug-likeness (QED) is 0.510. The molecule has 0 unspecified atom stereocenters. The van der Waals surface area contributed by atoms with Gasteiger partial charge in [-0.15, -0.1) is 11.5 Å². The first-order valence-electron chi connectivity index (χ1n) is 8.67. The van der Waals surface area contributed by atoms with Crippen LogP contribution < -0.4 is 0 Å². The fourth-order valence-corrected chi connectivity index (χ4v) is 3.43. The summed E-state index contributed by atoms with van der Waals surface area (Å²) in [5.41, 5.74) is 3.55. The lowest BCUT2D eigenvalue weighted by atomic mass is 9.85. The van der Waals surface area contributed by atoms with Crippen molar-refractivity contribution in [3.63, 3.8) is 0 Å². The maximum atomic E-state index is 6.15. The Morgan fingerprint density at radius 2 is 1.31 bits per heavy atom. The van der Waals surface area contributed by atoms with E-state index in [0.717, 1.165) is 11.0 Å². The van der Waals surface area contributed by atoms with Crippen molar-refractivity contribution in [3.8, 4) is 12.3 Å². The molecular formula is C23H19N3. The molecule has 0 N–H and O–H groups in total. The highest BCUT2D eigenvalue weighted by atomic mass is 15.5. The van der Waals surface area contributed by atoms with Gasteiger partial charge in [0.2, 0.25) is 0 Å². The molecule has 0 saturated carbocycles. The van der Waals surface area contributed by atoms with E-state index in [4.69, 9.17) is 6.42 Å². The summed E-state index contributed by atoms with van der Waals surface area (Å²) in [4.78, 5) is 0. The van der Waals surface area contributed by atoms with Gasteiger partial charge in [-0.25, -0.2) is 4.68 Å². The lowest BCUT2D eigenvalue weighted by Crippen LogP contribution is -2.38. The number of hydrogen-bond acceptors (Lipinski definition) is 2. The molecule has 4 rings (SSSR count). The summed E-state index contributed by atoms with van der Waals surface area (Å²) in [6.07, 6.45) is 7.52. The van der Waals surface area contributed by atoms with Crippen molar-refractivity contribution in [1.29, 1.82) is 0 Å². The molecule has 1 aromatic heterocycles. The van der Waals surface area contributed by atoms with E-state index < -0.39 is 5.54 Å². The summed E-state index contributed by atoms with van der Waals surface area (Å²) >= 11 is 0. The van der Waals surface area contributed by atoms with Gasteiger partial charge in [-0.2, -0.15) is 0 Å². The number of hydrogen-bond donors (Lipinski definition) is 0. The first-order chi connectivity index (χ1) is 12.8. The van der Waals surface area contributed by atoms with Crippen LogP contribution in [0.5, 0.6) is 0 Å². The number of rotatable bonds is 5. The Morgan fingerprint density at radius 3 is 1.88 bits per heavy atom. The predicted octanol–water partition coefficient (Wildman–Crippen LogP) is 4.25. The normalized spacial score (nSPS) is 11.3. The number of terminal acetylenes is 1. The van der Waals surface area contributed by atoms with Crippen molar-refractivity contribution in [1.82, 2.24) is 15.0 Å². The fourth-order valence-electron chi connectivity index (χ4n) is 3.43. The van der Waals surface area contributed by atoms with E-state index >= 15 is 0 Å². The minimum absolute atomic E-state index is 0.626. The fraction of sp³-hybridized carbons (Fsp3) is 0.130. The second-order valence-corrected chi connectivity index (χ2v) is 6.49. The second kappa shape index (κ2) is 6.85. The van der Waals surface area contributed by atoms with Crippen molar-refractivity contribution < 1.29 is 0 Å². The number of nitrogens with zero attached hydrogens (tertiary/aromatic N) is 3. The van der Waals surface area contributed by atoms with E-state index in [1.807, 2.05) is 65.3 Å². The molecule has 3 nitrogen and oxygen atoms in total. The standard InChI is InChI=1S/C23H19N3/c1-2-23(17-19-11-5-3-6-12-19,18-20-13-7-4-8-14-20)26-22-16-10-9-15-21(22)24-25-26/h1,3-16H,17-18H2. The zero-order chi connectivity index (χ0) is 17.8. The molecule has 0 atom stereocenters. The van der Waals surface area contributed by atoms with Crippen LogP contribution in [0.1, 0.15) is 11.1 Å². The zero-order valence-corrected chi connectivity index (χ0v) is 14.4. The molecule has 0 aliphatic carbocycles. The van der Waals surface area contributed by atoms with Crippen molar-refractivity contribution in [2.45, 2.75) is 18.4 Å². The molecule has 3 aromatic carbocycles. The topological polar surface area (TPSA) is 30.7 Å². The summed E-state index contributed by atoms with van der Waals surface area (Å²) in [7, 11) is 0. The molecule has 0 spiro atoms. The number of fused-ring (bicyclic) bond motifs is 1. The van der Waals surface area contributed by atoms with Gasteiger partial charge in [0.1, 0.15) is 11.1 Å². The molecule has 0 aliphatic heterocycles. The first kappa shape index (κ1) is 16.1. The summed E-state index contributed by atoms with van der Waals surface area (Å²) in [5, 5.41) is 8.79. The minimum atomic E-state index is -0.626. The first-order valence-corrected chi connectivity index (χ1v) is 8.67. The molecule has 4 aromatic rings. The summed E-state index contributed by atoms with van der Waals surface area (Å²) < 4.78 is 1.92. The van der Waals surface area contributed by atoms with Crippen molar-refractivity contribution >= 4 is 11.0 Å². The predicted molar refractivity (Wildman–Crippen MR) is 105 cm³/mol. The Morgan fingerprint density at radius 1 is 0.769 bits per heavy atom. The molecule has 0 saturated heterocycles. The molecule has 126 valence electrons. The molecule has 0 amide bonds. The third-order valence-electron chi connectivity index (χ3n) is 4.70. The number of aromatic nitrogens is 3. The van der Waals surface area contributed by atoms with Crippen LogP contribution in [0.4, 0.5) is 0 Å². The third kappa shape index (κ3) is 2.98. The Labute approximate surface area is 153 Å². The lowest BCUT2D eigenvalue weighted by molar-refractivity contribution is 0.347. The van der Waals surface area contributed by atoms with Gasteiger partial charge < -0.3 is 0 Å². The second-order valence-electron chi connectivity index (χ2n) is 6.49. The van der Waals surface area contributed by atoms with Crippen LogP contribution in [0.15, 0.2) is 84.9 Å².